The lowest BCUT2D eigenvalue weighted by atomic mass is 10.0. The summed E-state index contributed by atoms with van der Waals surface area (Å²) >= 11 is 0. The predicted molar refractivity (Wildman–Crippen MR) is 75.8 cm³/mol. The first-order valence-corrected chi connectivity index (χ1v) is 4.93. The van der Waals surface area contributed by atoms with Crippen molar-refractivity contribution in [3.63, 3.8) is 0 Å². The zero-order chi connectivity index (χ0) is 9.40. The average molecular weight is 333 g/mol. The summed E-state index contributed by atoms with van der Waals surface area (Å²) in [6.07, 6.45) is 5.14. The minimum absolute atomic E-state index is 0. The van der Waals surface area contributed by atoms with Gasteiger partial charge in [-0.15, -0.1) is 34.0 Å². The lowest BCUT2D eigenvalue weighted by Gasteiger charge is -2.22. The molecule has 2 unspecified atom stereocenters. The first-order chi connectivity index (χ1) is 5.76. The van der Waals surface area contributed by atoms with Gasteiger partial charge in [0.25, 0.3) is 0 Å². The maximum atomic E-state index is 4.03. The quantitative estimate of drug-likeness (QED) is 0.700. The smallest absolute Gasteiger partial charge is 0.0218 e. The number of nitrogens with one attached hydrogen (secondary N) is 2. The number of unbranched alkanes of at least 4 members (excludes halogenated alkanes) is 2. The van der Waals surface area contributed by atoms with Crippen molar-refractivity contribution >= 4 is 34.0 Å². The minimum Gasteiger partial charge on any atom is -0.315 e. The standard InChI is InChI=1S/C10H23N2.2BrH/c1-5-6-7-8-10(12-4)9(2)11-3;;/h9-12H,2,5-8H2,1,3-4H3;2*1H. The van der Waals surface area contributed by atoms with Gasteiger partial charge in [-0.1, -0.05) is 26.2 Å². The molecule has 2 nitrogen and oxygen atoms in total. The van der Waals surface area contributed by atoms with Crippen molar-refractivity contribution in [3.8, 4) is 0 Å². The fourth-order valence-corrected chi connectivity index (χ4v) is 1.36. The van der Waals surface area contributed by atoms with Crippen molar-refractivity contribution in [3.05, 3.63) is 6.92 Å². The molecule has 0 heterocycles. The molecule has 0 aromatic heterocycles. The summed E-state index contributed by atoms with van der Waals surface area (Å²) in [5.41, 5.74) is 0. The van der Waals surface area contributed by atoms with Crippen LogP contribution in [0.1, 0.15) is 32.6 Å². The Bertz CT molecular complexity index is 102. The molecule has 14 heavy (non-hydrogen) atoms. The van der Waals surface area contributed by atoms with Gasteiger partial charge in [-0.2, -0.15) is 0 Å². The van der Waals surface area contributed by atoms with E-state index in [4.69, 9.17) is 0 Å². The number of likely N-dealkylation sites (N-methyl/N-ethyl adjacent to an activating group) is 2. The van der Waals surface area contributed by atoms with E-state index in [9.17, 15) is 0 Å². The zero-order valence-electron chi connectivity index (χ0n) is 9.51. The van der Waals surface area contributed by atoms with Crippen LogP contribution in [0.5, 0.6) is 0 Å². The van der Waals surface area contributed by atoms with Gasteiger partial charge in [-0.3, -0.25) is 0 Å². The van der Waals surface area contributed by atoms with Gasteiger partial charge in [-0.25, -0.2) is 0 Å². The first-order valence-electron chi connectivity index (χ1n) is 4.93. The van der Waals surface area contributed by atoms with Crippen molar-refractivity contribution in [2.24, 2.45) is 0 Å². The van der Waals surface area contributed by atoms with Gasteiger partial charge in [-0.05, 0) is 27.4 Å². The molecule has 0 aromatic rings. The van der Waals surface area contributed by atoms with Crippen LogP contribution in [0, 0.1) is 6.92 Å². The molecule has 89 valence electrons. The molecule has 1 radical (unpaired) electrons. The highest BCUT2D eigenvalue weighted by molar-refractivity contribution is 8.93. The lowest BCUT2D eigenvalue weighted by Crippen LogP contribution is -2.43. The van der Waals surface area contributed by atoms with Crippen LogP contribution < -0.4 is 10.6 Å². The van der Waals surface area contributed by atoms with Gasteiger partial charge < -0.3 is 10.6 Å². The van der Waals surface area contributed by atoms with E-state index in [2.05, 4.69) is 24.5 Å². The summed E-state index contributed by atoms with van der Waals surface area (Å²) in [6.45, 7) is 6.26. The molecule has 0 saturated heterocycles. The molecule has 2 N–H and O–H groups in total. The Morgan fingerprint density at radius 3 is 2.00 bits per heavy atom. The van der Waals surface area contributed by atoms with Crippen molar-refractivity contribution in [1.82, 2.24) is 10.6 Å². The summed E-state index contributed by atoms with van der Waals surface area (Å²) in [4.78, 5) is 0. The minimum atomic E-state index is 0. The Morgan fingerprint density at radius 2 is 1.64 bits per heavy atom. The molecule has 0 amide bonds. The molecular formula is C10H25Br2N2. The Kier molecular flexibility index (Phi) is 20.1. The second-order valence-electron chi connectivity index (χ2n) is 3.29. The summed E-state index contributed by atoms with van der Waals surface area (Å²) in [5, 5.41) is 6.46. The molecule has 0 fully saturated rings. The summed E-state index contributed by atoms with van der Waals surface area (Å²) < 4.78 is 0. The van der Waals surface area contributed by atoms with Gasteiger partial charge >= 0.3 is 0 Å². The molecule has 0 aliphatic heterocycles. The monoisotopic (exact) mass is 331 g/mol. The fraction of sp³-hybridized carbons (Fsp3) is 0.900. The maximum absolute atomic E-state index is 4.03. The van der Waals surface area contributed by atoms with Crippen LogP contribution in [0.3, 0.4) is 0 Å². The molecule has 0 aliphatic rings. The van der Waals surface area contributed by atoms with Gasteiger partial charge in [0.05, 0.1) is 0 Å². The highest BCUT2D eigenvalue weighted by Gasteiger charge is 2.11. The number of hydrogen-bond acceptors (Lipinski definition) is 2. The van der Waals surface area contributed by atoms with E-state index in [0.29, 0.717) is 12.1 Å². The highest BCUT2D eigenvalue weighted by atomic mass is 79.9. The van der Waals surface area contributed by atoms with E-state index in [1.54, 1.807) is 0 Å². The van der Waals surface area contributed by atoms with Gasteiger partial charge in [0, 0.05) is 12.1 Å². The van der Waals surface area contributed by atoms with Crippen LogP contribution in [-0.2, 0) is 0 Å². The third-order valence-corrected chi connectivity index (χ3v) is 2.35. The number of halogens is 2. The topological polar surface area (TPSA) is 24.1 Å². The molecule has 0 aromatic carbocycles. The van der Waals surface area contributed by atoms with Gasteiger partial charge in [0.1, 0.15) is 0 Å². The van der Waals surface area contributed by atoms with Crippen molar-refractivity contribution < 1.29 is 0 Å². The van der Waals surface area contributed by atoms with Crippen molar-refractivity contribution in [2.75, 3.05) is 14.1 Å². The van der Waals surface area contributed by atoms with Crippen LogP contribution in [0.25, 0.3) is 0 Å². The molecule has 0 saturated carbocycles. The van der Waals surface area contributed by atoms with Crippen LogP contribution >= 0.6 is 34.0 Å². The van der Waals surface area contributed by atoms with Crippen LogP contribution in [-0.4, -0.2) is 26.2 Å². The highest BCUT2D eigenvalue weighted by Crippen LogP contribution is 2.05. The fourth-order valence-electron chi connectivity index (χ4n) is 1.36. The average Bonchev–Trinajstić information content (AvgIpc) is 2.11. The van der Waals surface area contributed by atoms with E-state index in [1.807, 2.05) is 14.1 Å². The van der Waals surface area contributed by atoms with Crippen LogP contribution in [0.15, 0.2) is 0 Å². The van der Waals surface area contributed by atoms with Crippen molar-refractivity contribution in [2.45, 2.75) is 44.7 Å². The van der Waals surface area contributed by atoms with Crippen LogP contribution in [0.2, 0.25) is 0 Å². The SMILES string of the molecule is Br.Br.[CH2]C(NC)C(CCCCC)NC. The Labute approximate surface area is 110 Å². The predicted octanol–water partition coefficient (Wildman–Crippen LogP) is 2.73. The Hall–Kier alpha value is 0.880. The van der Waals surface area contributed by atoms with Crippen molar-refractivity contribution in [1.29, 1.82) is 0 Å². The van der Waals surface area contributed by atoms with Crippen LogP contribution in [0.4, 0.5) is 0 Å². The molecule has 4 heteroatoms. The Morgan fingerprint density at radius 1 is 1.07 bits per heavy atom. The van der Waals surface area contributed by atoms with E-state index in [1.165, 1.54) is 25.7 Å². The summed E-state index contributed by atoms with van der Waals surface area (Å²) in [7, 11) is 3.97. The molecule has 2 atom stereocenters. The second kappa shape index (κ2) is 13.9. The molecule has 0 bridgehead atoms. The third kappa shape index (κ3) is 9.44. The van der Waals surface area contributed by atoms with Gasteiger partial charge in [0.15, 0.2) is 0 Å². The lowest BCUT2D eigenvalue weighted by molar-refractivity contribution is 0.419. The van der Waals surface area contributed by atoms with E-state index >= 15 is 0 Å². The maximum Gasteiger partial charge on any atom is 0.0218 e. The number of rotatable bonds is 7. The van der Waals surface area contributed by atoms with E-state index in [-0.39, 0.29) is 34.0 Å². The molecule has 0 spiro atoms. The second-order valence-corrected chi connectivity index (χ2v) is 3.29. The number of hydrogen-bond donors (Lipinski definition) is 2. The summed E-state index contributed by atoms with van der Waals surface area (Å²) in [5.74, 6) is 0. The molecular weight excluding hydrogens is 308 g/mol. The van der Waals surface area contributed by atoms with Gasteiger partial charge in [0.2, 0.25) is 0 Å². The van der Waals surface area contributed by atoms with E-state index < -0.39 is 0 Å². The first kappa shape index (κ1) is 20.3. The molecule has 0 rings (SSSR count). The third-order valence-electron chi connectivity index (χ3n) is 2.35. The molecule has 0 aliphatic carbocycles. The summed E-state index contributed by atoms with van der Waals surface area (Å²) in [6, 6.07) is 0.841. The van der Waals surface area contributed by atoms with E-state index in [0.717, 1.165) is 0 Å². The normalized spacial score (nSPS) is 13.7. The zero-order valence-corrected chi connectivity index (χ0v) is 12.9. The largest absolute Gasteiger partial charge is 0.315 e. The Balaban J connectivity index is -0.000000605.